The Hall–Kier alpha value is -2.24. The lowest BCUT2D eigenvalue weighted by Crippen LogP contribution is -2.62. The summed E-state index contributed by atoms with van der Waals surface area (Å²) in [7, 11) is 0. The number of fused-ring (bicyclic) bond motifs is 2. The van der Waals surface area contributed by atoms with E-state index < -0.39 is 59.1 Å². The van der Waals surface area contributed by atoms with Gasteiger partial charge < -0.3 is 29.7 Å². The maximum atomic E-state index is 15.1. The third-order valence-corrected chi connectivity index (χ3v) is 9.75. The van der Waals surface area contributed by atoms with Crippen LogP contribution in [0.15, 0.2) is 22.7 Å². The molecule has 0 unspecified atom stereocenters. The van der Waals surface area contributed by atoms with Gasteiger partial charge in [-0.15, -0.1) is 0 Å². The molecule has 0 aliphatic carbocycles. The second-order valence-corrected chi connectivity index (χ2v) is 16.0. The first-order chi connectivity index (χ1) is 20.4. The number of amides is 3. The summed E-state index contributed by atoms with van der Waals surface area (Å²) in [4.78, 5) is 59.2. The van der Waals surface area contributed by atoms with E-state index in [1.165, 1.54) is 4.90 Å². The number of carbonyl (C=O) groups excluding carboxylic acids is 4. The van der Waals surface area contributed by atoms with Gasteiger partial charge in [0.2, 0.25) is 17.7 Å². The third-order valence-electron chi connectivity index (χ3n) is 9.07. The van der Waals surface area contributed by atoms with Gasteiger partial charge in [0.15, 0.2) is 0 Å². The quantitative estimate of drug-likeness (QED) is 0.324. The van der Waals surface area contributed by atoms with Crippen LogP contribution in [0.2, 0.25) is 0 Å². The summed E-state index contributed by atoms with van der Waals surface area (Å²) >= 11 is 3.58. The molecule has 5 bridgehead atoms. The standard InChI is InChI=1S/C33H50BrN3O7/c1-19(2)14-21(17-38)37-27-29(41)36(32(7,8)18-31(4,5)6)13-11-9-10-12-23(39)35-16-20(3)43-30(42)24-25(28(37)40)33(27)15-22(34)26(24)44-33/h9,11,15,19-21,24-27,38H,10,12-14,16-18H2,1-8H3,(H,35,39)/b11-9-/t20-,21-,24+,25-,26+,27+,33-/m1/s1. The molecule has 0 aromatic rings. The van der Waals surface area contributed by atoms with E-state index in [-0.39, 0.29) is 49.3 Å². The topological polar surface area (TPSA) is 125 Å². The van der Waals surface area contributed by atoms with Crippen molar-refractivity contribution in [3.05, 3.63) is 22.7 Å². The SMILES string of the molecule is CC(C)C[C@H](CO)N1C(=O)[C@H]2[C@@H]3C(=O)O[C@H](C)CNC(=O)CC/C=C\CN(C(C)(C)CC(C)(C)C)C(=O)[C@H]1[C@@]21C=C(Br)[C@@H]3O1. The van der Waals surface area contributed by atoms with Crippen LogP contribution in [0.25, 0.3) is 0 Å². The predicted molar refractivity (Wildman–Crippen MR) is 169 cm³/mol. The van der Waals surface area contributed by atoms with Gasteiger partial charge in [0, 0.05) is 23.0 Å². The number of cyclic esters (lactones) is 1. The van der Waals surface area contributed by atoms with Crippen LogP contribution < -0.4 is 5.32 Å². The van der Waals surface area contributed by atoms with Crippen LogP contribution in [0.5, 0.6) is 0 Å². The van der Waals surface area contributed by atoms with Gasteiger partial charge in [-0.3, -0.25) is 19.2 Å². The Bertz CT molecular complexity index is 1210. The summed E-state index contributed by atoms with van der Waals surface area (Å²) in [6.07, 6.45) is 6.04. The van der Waals surface area contributed by atoms with Gasteiger partial charge in [0.1, 0.15) is 29.8 Å². The minimum absolute atomic E-state index is 0.118. The van der Waals surface area contributed by atoms with Gasteiger partial charge in [-0.1, -0.05) is 62.7 Å². The molecule has 4 rings (SSSR count). The van der Waals surface area contributed by atoms with Crippen molar-refractivity contribution in [1.82, 2.24) is 15.1 Å². The van der Waals surface area contributed by atoms with E-state index in [2.05, 4.69) is 42.0 Å². The summed E-state index contributed by atoms with van der Waals surface area (Å²) < 4.78 is 13.0. The number of hydrogen-bond acceptors (Lipinski definition) is 7. The monoisotopic (exact) mass is 679 g/mol. The summed E-state index contributed by atoms with van der Waals surface area (Å²) in [6, 6.07) is -1.75. The molecule has 3 amide bonds. The first-order valence-corrected chi connectivity index (χ1v) is 16.7. The Kier molecular flexibility index (Phi) is 10.1. The Labute approximate surface area is 270 Å². The molecule has 0 radical (unpaired) electrons. The third kappa shape index (κ3) is 6.65. The number of ether oxygens (including phenoxy) is 2. The normalized spacial score (nSPS) is 33.3. The highest BCUT2D eigenvalue weighted by atomic mass is 79.9. The average molecular weight is 681 g/mol. The molecular weight excluding hydrogens is 630 g/mol. The first kappa shape index (κ1) is 34.6. The highest BCUT2D eigenvalue weighted by Crippen LogP contribution is 2.59. The highest BCUT2D eigenvalue weighted by molar-refractivity contribution is 9.11. The zero-order valence-corrected chi connectivity index (χ0v) is 29.0. The van der Waals surface area contributed by atoms with Crippen molar-refractivity contribution in [2.75, 3.05) is 19.7 Å². The molecule has 0 aromatic heterocycles. The van der Waals surface area contributed by atoms with Crippen molar-refractivity contribution < 1.29 is 33.8 Å². The van der Waals surface area contributed by atoms with Crippen molar-refractivity contribution in [2.24, 2.45) is 23.2 Å². The van der Waals surface area contributed by atoms with Crippen molar-refractivity contribution in [2.45, 2.75) is 117 Å². The van der Waals surface area contributed by atoms with Crippen LogP contribution in [0.4, 0.5) is 0 Å². The molecule has 0 aromatic carbocycles. The van der Waals surface area contributed by atoms with Crippen molar-refractivity contribution in [3.63, 3.8) is 0 Å². The summed E-state index contributed by atoms with van der Waals surface area (Å²) in [5, 5.41) is 13.4. The summed E-state index contributed by atoms with van der Waals surface area (Å²) in [5.41, 5.74) is -2.18. The van der Waals surface area contributed by atoms with Crippen LogP contribution in [0.3, 0.4) is 0 Å². The van der Waals surface area contributed by atoms with E-state index >= 15 is 4.79 Å². The Morgan fingerprint density at radius 2 is 1.80 bits per heavy atom. The van der Waals surface area contributed by atoms with Crippen LogP contribution >= 0.6 is 15.9 Å². The molecular formula is C33H50BrN3O7. The fourth-order valence-electron chi connectivity index (χ4n) is 7.77. The lowest BCUT2D eigenvalue weighted by Gasteiger charge is -2.46. The number of aliphatic hydroxyl groups is 1. The molecule has 10 nitrogen and oxygen atoms in total. The number of aliphatic hydroxyl groups excluding tert-OH is 1. The van der Waals surface area contributed by atoms with E-state index in [9.17, 15) is 19.5 Å². The lowest BCUT2D eigenvalue weighted by molar-refractivity contribution is -0.160. The largest absolute Gasteiger partial charge is 0.460 e. The fraction of sp³-hybridized carbons (Fsp3) is 0.758. The van der Waals surface area contributed by atoms with Crippen LogP contribution in [-0.4, -0.2) is 93.7 Å². The molecule has 11 heteroatoms. The Morgan fingerprint density at radius 1 is 1.11 bits per heavy atom. The number of nitrogens with one attached hydrogen (secondary N) is 1. The minimum atomic E-state index is -1.42. The van der Waals surface area contributed by atoms with E-state index in [1.807, 2.05) is 39.8 Å². The van der Waals surface area contributed by atoms with Gasteiger partial charge in [0.05, 0.1) is 25.1 Å². The van der Waals surface area contributed by atoms with Crippen LogP contribution in [0.1, 0.15) is 81.1 Å². The molecule has 4 heterocycles. The molecule has 0 saturated carbocycles. The number of halogens is 1. The number of nitrogens with zero attached hydrogens (tertiary/aromatic N) is 2. The van der Waals surface area contributed by atoms with Gasteiger partial charge in [0.25, 0.3) is 0 Å². The molecule has 1 spiro atoms. The Balaban J connectivity index is 1.90. The second-order valence-electron chi connectivity index (χ2n) is 15.1. The second kappa shape index (κ2) is 12.9. The number of allylic oxidation sites excluding steroid dienone is 1. The van der Waals surface area contributed by atoms with E-state index in [1.54, 1.807) is 17.9 Å². The van der Waals surface area contributed by atoms with E-state index in [0.29, 0.717) is 23.7 Å². The molecule has 4 aliphatic heterocycles. The number of hydrogen-bond donors (Lipinski definition) is 2. The molecule has 246 valence electrons. The van der Waals surface area contributed by atoms with E-state index in [4.69, 9.17) is 9.47 Å². The average Bonchev–Trinajstić information content (AvgIpc) is 3.49. The maximum Gasteiger partial charge on any atom is 0.313 e. The smallest absolute Gasteiger partial charge is 0.313 e. The van der Waals surface area contributed by atoms with Gasteiger partial charge in [-0.05, 0) is 57.4 Å². The Morgan fingerprint density at radius 3 is 2.41 bits per heavy atom. The summed E-state index contributed by atoms with van der Waals surface area (Å²) in [5.74, 6) is -3.34. The zero-order chi connectivity index (χ0) is 32.8. The van der Waals surface area contributed by atoms with Crippen molar-refractivity contribution in [3.8, 4) is 0 Å². The van der Waals surface area contributed by atoms with E-state index in [0.717, 1.165) is 0 Å². The van der Waals surface area contributed by atoms with Crippen molar-refractivity contribution in [1.29, 1.82) is 0 Å². The molecule has 7 atom stereocenters. The predicted octanol–water partition coefficient (Wildman–Crippen LogP) is 3.71. The molecule has 2 saturated heterocycles. The van der Waals surface area contributed by atoms with Gasteiger partial charge in [-0.25, -0.2) is 0 Å². The number of carbonyl (C=O) groups is 4. The molecule has 2 fully saturated rings. The molecule has 4 aliphatic rings. The molecule has 2 N–H and O–H groups in total. The van der Waals surface area contributed by atoms with Crippen molar-refractivity contribution >= 4 is 39.6 Å². The zero-order valence-electron chi connectivity index (χ0n) is 27.4. The minimum Gasteiger partial charge on any atom is -0.460 e. The fourth-order valence-corrected chi connectivity index (χ4v) is 8.51. The lowest BCUT2D eigenvalue weighted by atomic mass is 9.74. The number of rotatable bonds is 6. The summed E-state index contributed by atoms with van der Waals surface area (Å²) in [6.45, 7) is 16.2. The van der Waals surface area contributed by atoms with Crippen LogP contribution in [-0.2, 0) is 28.7 Å². The first-order valence-electron chi connectivity index (χ1n) is 15.9. The maximum absolute atomic E-state index is 15.1. The van der Waals surface area contributed by atoms with Gasteiger partial charge in [-0.2, -0.15) is 0 Å². The number of likely N-dealkylation sites (tertiary alicyclic amines) is 1. The number of esters is 1. The highest BCUT2D eigenvalue weighted by Gasteiger charge is 2.75. The molecule has 44 heavy (non-hydrogen) atoms. The van der Waals surface area contributed by atoms with Gasteiger partial charge >= 0.3 is 5.97 Å². The van der Waals surface area contributed by atoms with Crippen LogP contribution in [0, 0.1) is 23.2 Å².